The lowest BCUT2D eigenvalue weighted by molar-refractivity contribution is -0.169. The summed E-state index contributed by atoms with van der Waals surface area (Å²) >= 11 is 0. The Morgan fingerprint density at radius 1 is 1.28 bits per heavy atom. The molecular weight excluding hydrogens is 232 g/mol. The molecule has 0 aliphatic carbocycles. The van der Waals surface area contributed by atoms with Gasteiger partial charge in [0.1, 0.15) is 5.75 Å². The van der Waals surface area contributed by atoms with Gasteiger partial charge in [0, 0.05) is 0 Å². The molecule has 4 nitrogen and oxygen atoms in total. The number of carbonyl (C=O) groups excluding carboxylic acids is 1. The van der Waals surface area contributed by atoms with Crippen molar-refractivity contribution in [1.29, 1.82) is 0 Å². The van der Waals surface area contributed by atoms with E-state index in [4.69, 9.17) is 9.47 Å². The van der Waals surface area contributed by atoms with E-state index in [0.29, 0.717) is 18.1 Å². The summed E-state index contributed by atoms with van der Waals surface area (Å²) in [6.45, 7) is 6.34. The van der Waals surface area contributed by atoms with E-state index >= 15 is 0 Å². The van der Waals surface area contributed by atoms with E-state index in [1.54, 1.807) is 12.1 Å². The molecule has 1 rings (SSSR count). The Bertz CT molecular complexity index is 370. The maximum absolute atomic E-state index is 11.3. The van der Waals surface area contributed by atoms with Crippen molar-refractivity contribution in [2.24, 2.45) is 0 Å². The highest BCUT2D eigenvalue weighted by Gasteiger charge is 2.18. The van der Waals surface area contributed by atoms with E-state index < -0.39 is 12.3 Å². The second-order valence-corrected chi connectivity index (χ2v) is 4.36. The van der Waals surface area contributed by atoms with Gasteiger partial charge in [-0.2, -0.15) is 0 Å². The van der Waals surface area contributed by atoms with Crippen LogP contribution in [0.1, 0.15) is 38.7 Å². The van der Waals surface area contributed by atoms with E-state index in [1.165, 1.54) is 5.56 Å². The number of benzene rings is 1. The van der Waals surface area contributed by atoms with Crippen LogP contribution >= 0.6 is 0 Å². The van der Waals surface area contributed by atoms with Gasteiger partial charge >= 0.3 is 5.97 Å². The highest BCUT2D eigenvalue weighted by molar-refractivity contribution is 5.73. The Kier molecular flexibility index (Phi) is 5.65. The molecule has 1 unspecified atom stereocenters. The summed E-state index contributed by atoms with van der Waals surface area (Å²) in [6, 6.07) is 7.27. The second kappa shape index (κ2) is 7.01. The van der Waals surface area contributed by atoms with Crippen LogP contribution in [0.15, 0.2) is 24.3 Å². The number of hydrogen-bond donors (Lipinski definition) is 1. The molecule has 0 aliphatic heterocycles. The summed E-state index contributed by atoms with van der Waals surface area (Å²) in [5, 5.41) is 9.48. The Morgan fingerprint density at radius 2 is 1.89 bits per heavy atom. The topological polar surface area (TPSA) is 55.8 Å². The summed E-state index contributed by atoms with van der Waals surface area (Å²) in [5.74, 6) is 0.114. The van der Waals surface area contributed by atoms with E-state index in [1.807, 2.05) is 19.1 Å². The van der Waals surface area contributed by atoms with Crippen molar-refractivity contribution in [3.63, 3.8) is 0 Å². The minimum atomic E-state index is -1.57. The zero-order valence-corrected chi connectivity index (χ0v) is 11.1. The molecule has 0 spiro atoms. The molecule has 0 amide bonds. The largest absolute Gasteiger partial charge is 0.461 e. The van der Waals surface area contributed by atoms with Gasteiger partial charge in [-0.05, 0) is 30.0 Å². The molecule has 0 bridgehead atoms. The molecular formula is C14H20O4. The molecule has 0 heterocycles. The van der Waals surface area contributed by atoms with Crippen molar-refractivity contribution in [2.45, 2.75) is 39.4 Å². The Labute approximate surface area is 108 Å². The lowest BCUT2D eigenvalue weighted by Crippen LogP contribution is -2.29. The predicted octanol–water partition coefficient (Wildman–Crippen LogP) is 2.46. The third kappa shape index (κ3) is 4.37. The number of esters is 1. The maximum Gasteiger partial charge on any atom is 0.376 e. The minimum absolute atomic E-state index is 0.283. The van der Waals surface area contributed by atoms with Gasteiger partial charge in [-0.1, -0.05) is 32.9 Å². The van der Waals surface area contributed by atoms with Crippen LogP contribution in [0.25, 0.3) is 0 Å². The molecule has 0 aromatic heterocycles. The third-order valence-corrected chi connectivity index (χ3v) is 2.44. The zero-order valence-electron chi connectivity index (χ0n) is 11.1. The summed E-state index contributed by atoms with van der Waals surface area (Å²) in [4.78, 5) is 11.3. The lowest BCUT2D eigenvalue weighted by atomic mass is 10.0. The van der Waals surface area contributed by atoms with Crippen molar-refractivity contribution in [3.05, 3.63) is 29.8 Å². The minimum Gasteiger partial charge on any atom is -0.461 e. The van der Waals surface area contributed by atoms with Crippen LogP contribution in [0.5, 0.6) is 5.75 Å². The van der Waals surface area contributed by atoms with Gasteiger partial charge in [0.15, 0.2) is 0 Å². The molecule has 0 saturated carbocycles. The first kappa shape index (κ1) is 14.5. The highest BCUT2D eigenvalue weighted by Crippen LogP contribution is 2.19. The average Bonchev–Trinajstić information content (AvgIpc) is 2.36. The molecule has 4 heteroatoms. The summed E-state index contributed by atoms with van der Waals surface area (Å²) in [5.41, 5.74) is 1.17. The maximum atomic E-state index is 11.3. The van der Waals surface area contributed by atoms with Gasteiger partial charge in [0.2, 0.25) is 0 Å². The van der Waals surface area contributed by atoms with Crippen LogP contribution in [0.2, 0.25) is 0 Å². The normalized spacial score (nSPS) is 12.3. The quantitative estimate of drug-likeness (QED) is 0.624. The summed E-state index contributed by atoms with van der Waals surface area (Å²) in [7, 11) is 0. The Morgan fingerprint density at radius 3 is 2.39 bits per heavy atom. The molecule has 0 saturated heterocycles. The fourth-order valence-corrected chi connectivity index (χ4v) is 1.38. The molecule has 1 atom stereocenters. The first-order valence-corrected chi connectivity index (χ1v) is 6.16. The second-order valence-electron chi connectivity index (χ2n) is 4.36. The molecule has 1 aromatic rings. The predicted molar refractivity (Wildman–Crippen MR) is 68.4 cm³/mol. The fourth-order valence-electron chi connectivity index (χ4n) is 1.38. The summed E-state index contributed by atoms with van der Waals surface area (Å²) in [6.07, 6.45) is -0.858. The summed E-state index contributed by atoms with van der Waals surface area (Å²) < 4.78 is 9.86. The van der Waals surface area contributed by atoms with Crippen molar-refractivity contribution in [1.82, 2.24) is 0 Å². The van der Waals surface area contributed by atoms with Crippen molar-refractivity contribution >= 4 is 5.97 Å². The van der Waals surface area contributed by atoms with E-state index in [0.717, 1.165) is 0 Å². The standard InChI is InChI=1S/C14H20O4/c1-4-9-17-13(15)14(16)18-12-7-5-11(6-8-12)10(2)3/h5-8,10,14,16H,4,9H2,1-3H3. The third-order valence-electron chi connectivity index (χ3n) is 2.44. The molecule has 0 fully saturated rings. The van der Waals surface area contributed by atoms with E-state index in [2.05, 4.69) is 13.8 Å². The molecule has 0 radical (unpaired) electrons. The first-order chi connectivity index (χ1) is 8.54. The number of ether oxygens (including phenoxy) is 2. The van der Waals surface area contributed by atoms with Crippen LogP contribution in [-0.2, 0) is 9.53 Å². The van der Waals surface area contributed by atoms with Gasteiger partial charge < -0.3 is 14.6 Å². The number of hydrogen-bond acceptors (Lipinski definition) is 4. The number of aliphatic hydroxyl groups is 1. The molecule has 1 aromatic carbocycles. The van der Waals surface area contributed by atoms with Crippen molar-refractivity contribution < 1.29 is 19.4 Å². The van der Waals surface area contributed by atoms with Crippen LogP contribution in [-0.4, -0.2) is 24.0 Å². The fraction of sp³-hybridized carbons (Fsp3) is 0.500. The van der Waals surface area contributed by atoms with Gasteiger partial charge in [-0.3, -0.25) is 0 Å². The smallest absolute Gasteiger partial charge is 0.376 e. The molecule has 0 aliphatic rings. The van der Waals surface area contributed by atoms with Crippen molar-refractivity contribution in [2.75, 3.05) is 6.61 Å². The molecule has 1 N–H and O–H groups in total. The van der Waals surface area contributed by atoms with Crippen LogP contribution in [0, 0.1) is 0 Å². The number of carbonyl (C=O) groups is 1. The average molecular weight is 252 g/mol. The SMILES string of the molecule is CCCOC(=O)C(O)Oc1ccc(C(C)C)cc1. The van der Waals surface area contributed by atoms with Crippen LogP contribution < -0.4 is 4.74 Å². The monoisotopic (exact) mass is 252 g/mol. The first-order valence-electron chi connectivity index (χ1n) is 6.16. The van der Waals surface area contributed by atoms with E-state index in [9.17, 15) is 9.90 Å². The Hall–Kier alpha value is -1.55. The van der Waals surface area contributed by atoms with Crippen LogP contribution in [0.3, 0.4) is 0 Å². The van der Waals surface area contributed by atoms with Gasteiger partial charge in [0.05, 0.1) is 6.61 Å². The zero-order chi connectivity index (χ0) is 13.5. The van der Waals surface area contributed by atoms with Gasteiger partial charge in [-0.15, -0.1) is 0 Å². The van der Waals surface area contributed by atoms with Crippen LogP contribution in [0.4, 0.5) is 0 Å². The Balaban J connectivity index is 2.53. The number of aliphatic hydroxyl groups excluding tert-OH is 1. The molecule has 18 heavy (non-hydrogen) atoms. The molecule has 100 valence electrons. The van der Waals surface area contributed by atoms with Crippen molar-refractivity contribution in [3.8, 4) is 5.75 Å². The van der Waals surface area contributed by atoms with E-state index in [-0.39, 0.29) is 6.61 Å². The number of rotatable bonds is 6. The van der Waals surface area contributed by atoms with Gasteiger partial charge in [0.25, 0.3) is 6.29 Å². The van der Waals surface area contributed by atoms with Gasteiger partial charge in [-0.25, -0.2) is 4.79 Å². The highest BCUT2D eigenvalue weighted by atomic mass is 16.6. The lowest BCUT2D eigenvalue weighted by Gasteiger charge is -2.13.